The van der Waals surface area contributed by atoms with E-state index >= 15 is 0 Å². The summed E-state index contributed by atoms with van der Waals surface area (Å²) in [5, 5.41) is 4.63. The van der Waals surface area contributed by atoms with Gasteiger partial charge >= 0.3 is 0 Å². The zero-order valence-electron chi connectivity index (χ0n) is 11.3. The van der Waals surface area contributed by atoms with Crippen LogP contribution < -0.4 is 4.90 Å². The topological polar surface area (TPSA) is 46.3 Å². The van der Waals surface area contributed by atoms with Crippen LogP contribution >= 0.6 is 11.6 Å². The van der Waals surface area contributed by atoms with Gasteiger partial charge in [-0.3, -0.25) is 0 Å². The van der Waals surface area contributed by atoms with Crippen LogP contribution in [0.1, 0.15) is 12.5 Å². The minimum absolute atomic E-state index is 0.409. The molecule has 6 heteroatoms. The molecule has 0 unspecified atom stereocenters. The summed E-state index contributed by atoms with van der Waals surface area (Å²) < 4.78 is 1.69. The molecule has 0 spiro atoms. The standard InChI is InChI=1S/C14H14ClN5/c1-3-19(11-6-4-5-10(2)7-11)13-8-12(15)18-14-16-9-17-20(13)14/h4-9H,3H2,1-2H3. The fourth-order valence-corrected chi connectivity index (χ4v) is 2.41. The average Bonchev–Trinajstić information content (AvgIpc) is 2.87. The number of fused-ring (bicyclic) bond motifs is 1. The van der Waals surface area contributed by atoms with E-state index in [4.69, 9.17) is 11.6 Å². The van der Waals surface area contributed by atoms with Gasteiger partial charge in [0.05, 0.1) is 0 Å². The molecule has 0 fully saturated rings. The maximum atomic E-state index is 6.08. The van der Waals surface area contributed by atoms with Crippen molar-refractivity contribution < 1.29 is 0 Å². The summed E-state index contributed by atoms with van der Waals surface area (Å²) in [5.41, 5.74) is 2.29. The van der Waals surface area contributed by atoms with Gasteiger partial charge in [0, 0.05) is 18.3 Å². The summed E-state index contributed by atoms with van der Waals surface area (Å²) in [6.07, 6.45) is 1.48. The summed E-state index contributed by atoms with van der Waals surface area (Å²) in [4.78, 5) is 10.4. The van der Waals surface area contributed by atoms with Crippen molar-refractivity contribution in [3.8, 4) is 0 Å². The lowest BCUT2D eigenvalue weighted by Gasteiger charge is -2.23. The molecular weight excluding hydrogens is 274 g/mol. The molecular formula is C14H14ClN5. The maximum Gasteiger partial charge on any atom is 0.255 e. The third kappa shape index (κ3) is 2.20. The normalized spacial score (nSPS) is 10.9. The lowest BCUT2D eigenvalue weighted by atomic mass is 10.2. The Morgan fingerprint density at radius 3 is 2.90 bits per heavy atom. The lowest BCUT2D eigenvalue weighted by molar-refractivity contribution is 0.878. The van der Waals surface area contributed by atoms with Gasteiger partial charge in [-0.25, -0.2) is 0 Å². The number of nitrogens with zero attached hydrogens (tertiary/aromatic N) is 5. The number of hydrogen-bond acceptors (Lipinski definition) is 4. The molecule has 3 aromatic rings. The third-order valence-electron chi connectivity index (χ3n) is 3.11. The van der Waals surface area contributed by atoms with Crippen molar-refractivity contribution in [2.45, 2.75) is 13.8 Å². The zero-order valence-corrected chi connectivity index (χ0v) is 12.0. The number of aryl methyl sites for hydroxylation is 1. The molecule has 0 aliphatic rings. The fraction of sp³-hybridized carbons (Fsp3) is 0.214. The molecule has 0 N–H and O–H groups in total. The van der Waals surface area contributed by atoms with Gasteiger partial charge in [-0.2, -0.15) is 19.6 Å². The number of halogens is 1. The van der Waals surface area contributed by atoms with E-state index in [-0.39, 0.29) is 0 Å². The molecule has 0 aliphatic carbocycles. The third-order valence-corrected chi connectivity index (χ3v) is 3.30. The van der Waals surface area contributed by atoms with Crippen molar-refractivity contribution in [3.05, 3.63) is 47.4 Å². The van der Waals surface area contributed by atoms with E-state index in [2.05, 4.69) is 52.0 Å². The van der Waals surface area contributed by atoms with Crippen LogP contribution in [0.5, 0.6) is 0 Å². The van der Waals surface area contributed by atoms with Crippen LogP contribution in [-0.2, 0) is 0 Å². The first-order chi connectivity index (χ1) is 9.69. The minimum atomic E-state index is 0.409. The van der Waals surface area contributed by atoms with Crippen LogP contribution in [-0.4, -0.2) is 26.1 Å². The van der Waals surface area contributed by atoms with E-state index in [1.807, 2.05) is 6.07 Å². The van der Waals surface area contributed by atoms with E-state index in [1.165, 1.54) is 11.9 Å². The van der Waals surface area contributed by atoms with Gasteiger partial charge in [-0.15, -0.1) is 0 Å². The molecule has 0 radical (unpaired) electrons. The highest BCUT2D eigenvalue weighted by molar-refractivity contribution is 6.29. The second-order valence-corrected chi connectivity index (χ2v) is 4.88. The van der Waals surface area contributed by atoms with Crippen LogP contribution in [0, 0.1) is 6.92 Å². The first-order valence-corrected chi connectivity index (χ1v) is 6.77. The Labute approximate surface area is 121 Å². The second-order valence-electron chi connectivity index (χ2n) is 4.49. The van der Waals surface area contributed by atoms with Gasteiger partial charge in [0.25, 0.3) is 5.78 Å². The van der Waals surface area contributed by atoms with Gasteiger partial charge < -0.3 is 4.90 Å². The smallest absolute Gasteiger partial charge is 0.255 e. The Morgan fingerprint density at radius 1 is 1.30 bits per heavy atom. The SMILES string of the molecule is CCN(c1cccc(C)c1)c1cc(Cl)nc2ncnn12. The number of aromatic nitrogens is 4. The summed E-state index contributed by atoms with van der Waals surface area (Å²) in [6, 6.07) is 10.1. The van der Waals surface area contributed by atoms with Crippen molar-refractivity contribution in [2.75, 3.05) is 11.4 Å². The average molecular weight is 288 g/mol. The summed E-state index contributed by atoms with van der Waals surface area (Å²) in [5.74, 6) is 1.35. The Bertz CT molecular complexity index is 752. The van der Waals surface area contributed by atoms with Gasteiger partial charge in [0.2, 0.25) is 0 Å². The lowest BCUT2D eigenvalue weighted by Crippen LogP contribution is -2.19. The van der Waals surface area contributed by atoms with Gasteiger partial charge in [0.15, 0.2) is 0 Å². The number of hydrogen-bond donors (Lipinski definition) is 0. The molecule has 0 saturated heterocycles. The van der Waals surface area contributed by atoms with Crippen LogP contribution in [0.3, 0.4) is 0 Å². The fourth-order valence-electron chi connectivity index (χ4n) is 2.23. The largest absolute Gasteiger partial charge is 0.326 e. The van der Waals surface area contributed by atoms with E-state index < -0.39 is 0 Å². The molecule has 102 valence electrons. The molecule has 0 atom stereocenters. The first kappa shape index (κ1) is 12.9. The van der Waals surface area contributed by atoms with Gasteiger partial charge in [0.1, 0.15) is 17.3 Å². The molecule has 0 bridgehead atoms. The molecule has 1 aromatic carbocycles. The molecule has 2 heterocycles. The molecule has 5 nitrogen and oxygen atoms in total. The van der Waals surface area contributed by atoms with Crippen molar-refractivity contribution in [3.63, 3.8) is 0 Å². The van der Waals surface area contributed by atoms with Crippen LogP contribution in [0.2, 0.25) is 5.15 Å². The first-order valence-electron chi connectivity index (χ1n) is 6.39. The number of benzene rings is 1. The summed E-state index contributed by atoms with van der Waals surface area (Å²) in [6.45, 7) is 4.94. The van der Waals surface area contributed by atoms with Crippen LogP contribution in [0.25, 0.3) is 5.78 Å². The number of anilines is 2. The molecule has 0 aliphatic heterocycles. The molecule has 0 amide bonds. The van der Waals surface area contributed by atoms with Crippen molar-refractivity contribution >= 4 is 28.9 Å². The Morgan fingerprint density at radius 2 is 2.15 bits per heavy atom. The van der Waals surface area contributed by atoms with Gasteiger partial charge in [-0.1, -0.05) is 23.7 Å². The summed E-state index contributed by atoms with van der Waals surface area (Å²) in [7, 11) is 0. The molecule has 2 aromatic heterocycles. The predicted octanol–water partition coefficient (Wildman–Crippen LogP) is 3.24. The Kier molecular flexibility index (Phi) is 3.28. The van der Waals surface area contributed by atoms with E-state index in [9.17, 15) is 0 Å². The summed E-state index contributed by atoms with van der Waals surface area (Å²) >= 11 is 6.08. The van der Waals surface area contributed by atoms with Crippen LogP contribution in [0.15, 0.2) is 36.7 Å². The van der Waals surface area contributed by atoms with Crippen molar-refractivity contribution in [1.29, 1.82) is 0 Å². The maximum absolute atomic E-state index is 6.08. The highest BCUT2D eigenvalue weighted by atomic mass is 35.5. The minimum Gasteiger partial charge on any atom is -0.326 e. The van der Waals surface area contributed by atoms with E-state index in [0.717, 1.165) is 18.1 Å². The number of rotatable bonds is 3. The highest BCUT2D eigenvalue weighted by Crippen LogP contribution is 2.27. The molecule has 20 heavy (non-hydrogen) atoms. The predicted molar refractivity (Wildman–Crippen MR) is 79.7 cm³/mol. The highest BCUT2D eigenvalue weighted by Gasteiger charge is 2.14. The van der Waals surface area contributed by atoms with Gasteiger partial charge in [-0.05, 0) is 31.5 Å². The quantitative estimate of drug-likeness (QED) is 0.694. The molecule has 3 rings (SSSR count). The van der Waals surface area contributed by atoms with Crippen molar-refractivity contribution in [1.82, 2.24) is 19.6 Å². The zero-order chi connectivity index (χ0) is 14.1. The van der Waals surface area contributed by atoms with E-state index in [1.54, 1.807) is 10.6 Å². The van der Waals surface area contributed by atoms with E-state index in [0.29, 0.717) is 10.9 Å². The van der Waals surface area contributed by atoms with Crippen LogP contribution in [0.4, 0.5) is 11.5 Å². The molecule has 0 saturated carbocycles. The Balaban J connectivity index is 2.18. The monoisotopic (exact) mass is 287 g/mol. The second kappa shape index (κ2) is 5.09. The van der Waals surface area contributed by atoms with Crippen molar-refractivity contribution in [2.24, 2.45) is 0 Å². The Hall–Kier alpha value is -2.14.